The zero-order valence-corrected chi connectivity index (χ0v) is 12.7. The largest absolute Gasteiger partial charge is 0.340 e. The number of aromatic nitrogens is 1. The van der Waals surface area contributed by atoms with Crippen LogP contribution in [0.15, 0.2) is 24.5 Å². The summed E-state index contributed by atoms with van der Waals surface area (Å²) >= 11 is 0. The summed E-state index contributed by atoms with van der Waals surface area (Å²) < 4.78 is 0. The van der Waals surface area contributed by atoms with Crippen molar-refractivity contribution in [1.29, 1.82) is 0 Å². The number of piperazine rings is 1. The van der Waals surface area contributed by atoms with Crippen LogP contribution >= 0.6 is 0 Å². The maximum Gasteiger partial charge on any atom is 0.322 e. The molecule has 2 saturated heterocycles. The van der Waals surface area contributed by atoms with Crippen molar-refractivity contribution in [2.75, 3.05) is 26.2 Å². The molecule has 0 aromatic carbocycles. The highest BCUT2D eigenvalue weighted by Crippen LogP contribution is 2.10. The first-order valence-electron chi connectivity index (χ1n) is 7.62. The van der Waals surface area contributed by atoms with E-state index < -0.39 is 18.0 Å². The van der Waals surface area contributed by atoms with Crippen LogP contribution in [-0.4, -0.2) is 64.9 Å². The maximum atomic E-state index is 12.2. The fourth-order valence-corrected chi connectivity index (χ4v) is 2.81. The van der Waals surface area contributed by atoms with E-state index in [2.05, 4.69) is 20.5 Å². The van der Waals surface area contributed by atoms with E-state index in [1.165, 1.54) is 5.56 Å². The van der Waals surface area contributed by atoms with E-state index >= 15 is 0 Å². The number of pyridine rings is 1. The van der Waals surface area contributed by atoms with Gasteiger partial charge in [-0.2, -0.15) is 0 Å². The molecule has 2 N–H and O–H groups in total. The molecule has 4 amide bonds. The predicted octanol–water partition coefficient (Wildman–Crippen LogP) is -0.676. The van der Waals surface area contributed by atoms with E-state index in [4.69, 9.17) is 0 Å². The molecule has 1 atom stereocenters. The molecule has 3 heterocycles. The molecule has 3 rings (SSSR count). The normalized spacial score (nSPS) is 21.9. The van der Waals surface area contributed by atoms with Gasteiger partial charge >= 0.3 is 6.03 Å². The average Bonchev–Trinajstić information content (AvgIpc) is 2.86. The molecule has 23 heavy (non-hydrogen) atoms. The maximum absolute atomic E-state index is 12.2. The number of carbonyl (C=O) groups excluding carboxylic acids is 3. The van der Waals surface area contributed by atoms with Crippen LogP contribution in [0.1, 0.15) is 12.0 Å². The van der Waals surface area contributed by atoms with Crippen LogP contribution in [0.2, 0.25) is 0 Å². The van der Waals surface area contributed by atoms with Gasteiger partial charge in [-0.3, -0.25) is 24.8 Å². The topological polar surface area (TPSA) is 94.6 Å². The third-order valence-corrected chi connectivity index (χ3v) is 4.12. The summed E-state index contributed by atoms with van der Waals surface area (Å²) in [6, 6.07) is 2.69. The van der Waals surface area contributed by atoms with E-state index in [0.29, 0.717) is 13.1 Å². The van der Waals surface area contributed by atoms with Gasteiger partial charge in [0.05, 0.1) is 6.42 Å². The Morgan fingerprint density at radius 1 is 1.17 bits per heavy atom. The highest BCUT2D eigenvalue weighted by molar-refractivity contribution is 6.05. The lowest BCUT2D eigenvalue weighted by molar-refractivity contribution is -0.135. The molecular weight excluding hydrogens is 298 g/mol. The van der Waals surface area contributed by atoms with E-state index in [9.17, 15) is 14.4 Å². The molecular formula is C15H19N5O3. The lowest BCUT2D eigenvalue weighted by Crippen LogP contribution is -2.49. The Morgan fingerprint density at radius 3 is 2.48 bits per heavy atom. The summed E-state index contributed by atoms with van der Waals surface area (Å²) in [4.78, 5) is 42.8. The number of hydrogen-bond donors (Lipinski definition) is 2. The fraction of sp³-hybridized carbons (Fsp3) is 0.467. The van der Waals surface area contributed by atoms with Gasteiger partial charge in [-0.1, -0.05) is 0 Å². The smallest absolute Gasteiger partial charge is 0.322 e. The summed E-state index contributed by atoms with van der Waals surface area (Å²) in [5.74, 6) is -0.532. The minimum absolute atomic E-state index is 0.0158. The Hall–Kier alpha value is -2.48. The fourth-order valence-electron chi connectivity index (χ4n) is 2.81. The zero-order valence-electron chi connectivity index (χ0n) is 12.7. The van der Waals surface area contributed by atoms with Crippen molar-refractivity contribution < 1.29 is 14.4 Å². The number of urea groups is 1. The number of rotatable bonds is 4. The number of imide groups is 1. The van der Waals surface area contributed by atoms with Gasteiger partial charge in [0.25, 0.3) is 5.91 Å². The molecule has 8 heteroatoms. The Bertz CT molecular complexity index is 598. The first kappa shape index (κ1) is 15.4. The Balaban J connectivity index is 1.46. The van der Waals surface area contributed by atoms with Gasteiger partial charge in [0.15, 0.2) is 0 Å². The van der Waals surface area contributed by atoms with Gasteiger partial charge in [-0.25, -0.2) is 4.79 Å². The zero-order chi connectivity index (χ0) is 16.2. The van der Waals surface area contributed by atoms with Crippen molar-refractivity contribution in [3.63, 3.8) is 0 Å². The van der Waals surface area contributed by atoms with Crippen molar-refractivity contribution in [1.82, 2.24) is 25.4 Å². The Morgan fingerprint density at radius 2 is 1.87 bits per heavy atom. The second-order valence-corrected chi connectivity index (χ2v) is 5.73. The highest BCUT2D eigenvalue weighted by atomic mass is 16.2. The third kappa shape index (κ3) is 3.84. The van der Waals surface area contributed by atoms with Crippen molar-refractivity contribution in [2.24, 2.45) is 0 Å². The summed E-state index contributed by atoms with van der Waals surface area (Å²) in [6.45, 7) is 3.68. The van der Waals surface area contributed by atoms with Crippen LogP contribution in [0.4, 0.5) is 4.79 Å². The number of nitrogens with one attached hydrogen (secondary N) is 2. The first-order valence-corrected chi connectivity index (χ1v) is 7.62. The van der Waals surface area contributed by atoms with Gasteiger partial charge in [0.1, 0.15) is 6.04 Å². The van der Waals surface area contributed by atoms with Gasteiger partial charge in [0, 0.05) is 45.1 Å². The quantitative estimate of drug-likeness (QED) is 0.718. The number of hydrogen-bond acceptors (Lipinski definition) is 5. The van der Waals surface area contributed by atoms with Gasteiger partial charge < -0.3 is 10.2 Å². The van der Waals surface area contributed by atoms with Gasteiger partial charge in [-0.15, -0.1) is 0 Å². The van der Waals surface area contributed by atoms with Gasteiger partial charge in [0.2, 0.25) is 5.91 Å². The summed E-state index contributed by atoms with van der Waals surface area (Å²) in [5, 5.41) is 4.59. The molecule has 1 aromatic rings. The van der Waals surface area contributed by atoms with E-state index in [1.54, 1.807) is 17.3 Å². The molecule has 0 saturated carbocycles. The number of amides is 4. The second-order valence-electron chi connectivity index (χ2n) is 5.73. The minimum Gasteiger partial charge on any atom is -0.340 e. The molecule has 0 radical (unpaired) electrons. The van der Waals surface area contributed by atoms with Crippen LogP contribution in [0.3, 0.4) is 0 Å². The molecule has 0 aliphatic carbocycles. The van der Waals surface area contributed by atoms with Crippen LogP contribution in [0.25, 0.3) is 0 Å². The summed E-state index contributed by atoms with van der Waals surface area (Å²) in [7, 11) is 0. The minimum atomic E-state index is -0.746. The molecule has 122 valence electrons. The Kier molecular flexibility index (Phi) is 4.52. The standard InChI is InChI=1S/C15H19N5O3/c21-13(9-12-14(22)18-15(23)17-12)20-7-5-19(6-8-20)10-11-1-3-16-4-2-11/h1-4,12H,5-10H2,(H2,17,18,22,23)/t12-/m1/s1. The number of carbonyl (C=O) groups is 3. The molecule has 0 spiro atoms. The highest BCUT2D eigenvalue weighted by Gasteiger charge is 2.33. The van der Waals surface area contributed by atoms with Crippen LogP contribution in [0, 0.1) is 0 Å². The summed E-state index contributed by atoms with van der Waals surface area (Å²) in [6.07, 6.45) is 3.56. The molecule has 1 aromatic heterocycles. The van der Waals surface area contributed by atoms with Crippen molar-refractivity contribution in [2.45, 2.75) is 19.0 Å². The van der Waals surface area contributed by atoms with Crippen molar-refractivity contribution in [3.8, 4) is 0 Å². The molecule has 2 aliphatic rings. The van der Waals surface area contributed by atoms with Crippen LogP contribution in [0.5, 0.6) is 0 Å². The van der Waals surface area contributed by atoms with Crippen LogP contribution in [-0.2, 0) is 16.1 Å². The first-order chi connectivity index (χ1) is 11.1. The monoisotopic (exact) mass is 317 g/mol. The second kappa shape index (κ2) is 6.74. The lowest BCUT2D eigenvalue weighted by atomic mass is 10.1. The van der Waals surface area contributed by atoms with E-state index in [-0.39, 0.29) is 12.3 Å². The molecule has 8 nitrogen and oxygen atoms in total. The van der Waals surface area contributed by atoms with Crippen molar-refractivity contribution >= 4 is 17.8 Å². The molecule has 0 bridgehead atoms. The lowest BCUT2D eigenvalue weighted by Gasteiger charge is -2.35. The number of nitrogens with zero attached hydrogens (tertiary/aromatic N) is 3. The average molecular weight is 317 g/mol. The molecule has 2 aliphatic heterocycles. The van der Waals surface area contributed by atoms with E-state index in [0.717, 1.165) is 19.6 Å². The molecule has 0 unspecified atom stereocenters. The van der Waals surface area contributed by atoms with E-state index in [1.807, 2.05) is 12.1 Å². The summed E-state index contributed by atoms with van der Waals surface area (Å²) in [5.41, 5.74) is 1.20. The van der Waals surface area contributed by atoms with Gasteiger partial charge in [-0.05, 0) is 17.7 Å². The van der Waals surface area contributed by atoms with Crippen LogP contribution < -0.4 is 10.6 Å². The van der Waals surface area contributed by atoms with Crippen molar-refractivity contribution in [3.05, 3.63) is 30.1 Å². The molecule has 2 fully saturated rings. The predicted molar refractivity (Wildman–Crippen MR) is 81.2 cm³/mol. The SMILES string of the molecule is O=C1NC(=O)[C@@H](CC(=O)N2CCN(Cc3ccncc3)CC2)N1. The Labute approximate surface area is 133 Å². The third-order valence-electron chi connectivity index (χ3n) is 4.12.